The van der Waals surface area contributed by atoms with Gasteiger partial charge in [-0.2, -0.15) is 18.3 Å². The molecule has 12 heteroatoms. The third-order valence-electron chi connectivity index (χ3n) is 4.06. The lowest BCUT2D eigenvalue weighted by atomic mass is 10.1. The fourth-order valence-corrected chi connectivity index (χ4v) is 4.41. The Morgan fingerprint density at radius 2 is 1.97 bits per heavy atom. The molecule has 1 aliphatic heterocycles. The number of ether oxygens (including phenoxy) is 1. The van der Waals surface area contributed by atoms with Crippen molar-refractivity contribution in [2.75, 3.05) is 0 Å². The van der Waals surface area contributed by atoms with E-state index >= 15 is 0 Å². The lowest BCUT2D eigenvalue weighted by Crippen LogP contribution is -2.24. The molecule has 0 spiro atoms. The highest BCUT2D eigenvalue weighted by atomic mass is 35.5. The van der Waals surface area contributed by atoms with Gasteiger partial charge in [0.2, 0.25) is 5.88 Å². The first-order valence-electron chi connectivity index (χ1n) is 8.33. The van der Waals surface area contributed by atoms with Gasteiger partial charge in [-0.15, -0.1) is 0 Å². The molecule has 29 heavy (non-hydrogen) atoms. The van der Waals surface area contributed by atoms with Crippen LogP contribution in [0.5, 0.6) is 11.6 Å². The number of sulfone groups is 1. The Hall–Kier alpha value is -2.27. The normalized spacial score (nSPS) is 16.4. The Kier molecular flexibility index (Phi) is 5.33. The molecule has 2 heterocycles. The molecular formula is C17H17ClF3N3O4S. The van der Waals surface area contributed by atoms with Gasteiger partial charge < -0.3 is 9.57 Å². The van der Waals surface area contributed by atoms with Crippen LogP contribution in [-0.2, 0) is 33.7 Å². The third-order valence-corrected chi connectivity index (χ3v) is 5.98. The summed E-state index contributed by atoms with van der Waals surface area (Å²) in [5.41, 5.74) is -2.85. The molecule has 1 aromatic heterocycles. The van der Waals surface area contributed by atoms with Crippen LogP contribution in [0, 0.1) is 0 Å². The largest absolute Gasteiger partial charge is 0.437 e. The first-order valence-corrected chi connectivity index (χ1v) is 10.4. The van der Waals surface area contributed by atoms with Gasteiger partial charge in [-0.05, 0) is 26.0 Å². The minimum atomic E-state index is -4.89. The van der Waals surface area contributed by atoms with Crippen LogP contribution >= 0.6 is 11.6 Å². The van der Waals surface area contributed by atoms with E-state index in [1.807, 2.05) is 0 Å². The quantitative estimate of drug-likeness (QED) is 0.691. The Bertz CT molecular complexity index is 1080. The van der Waals surface area contributed by atoms with E-state index in [9.17, 15) is 21.6 Å². The van der Waals surface area contributed by atoms with Gasteiger partial charge >= 0.3 is 6.18 Å². The smallest absolute Gasteiger partial charge is 0.435 e. The number of benzene rings is 1. The van der Waals surface area contributed by atoms with Crippen molar-refractivity contribution < 1.29 is 31.2 Å². The number of halogens is 4. The topological polar surface area (TPSA) is 82.8 Å². The molecule has 0 bridgehead atoms. The van der Waals surface area contributed by atoms with Crippen molar-refractivity contribution in [3.05, 3.63) is 40.5 Å². The highest BCUT2D eigenvalue weighted by molar-refractivity contribution is 8.05. The third kappa shape index (κ3) is 4.50. The van der Waals surface area contributed by atoms with Gasteiger partial charge in [0.1, 0.15) is 11.4 Å². The maximum Gasteiger partial charge on any atom is 0.435 e. The van der Waals surface area contributed by atoms with E-state index in [-0.39, 0.29) is 28.1 Å². The van der Waals surface area contributed by atoms with E-state index < -0.39 is 38.6 Å². The number of alkyl halides is 3. The summed E-state index contributed by atoms with van der Waals surface area (Å²) in [7, 11) is -3.00. The van der Waals surface area contributed by atoms with Gasteiger partial charge in [0.05, 0.1) is 16.3 Å². The lowest BCUT2D eigenvalue weighted by molar-refractivity contribution is -0.141. The van der Waals surface area contributed by atoms with Crippen LogP contribution in [0.1, 0.15) is 31.5 Å². The minimum absolute atomic E-state index is 0.0579. The van der Waals surface area contributed by atoms with Crippen LogP contribution in [0.3, 0.4) is 0 Å². The number of hydrogen-bond donors (Lipinski definition) is 0. The van der Waals surface area contributed by atoms with Gasteiger partial charge in [0.15, 0.2) is 20.6 Å². The van der Waals surface area contributed by atoms with Gasteiger partial charge in [0.25, 0.3) is 0 Å². The van der Waals surface area contributed by atoms with Crippen molar-refractivity contribution in [3.8, 4) is 11.6 Å². The van der Waals surface area contributed by atoms with E-state index in [1.165, 1.54) is 19.2 Å². The molecule has 7 nitrogen and oxygen atoms in total. The van der Waals surface area contributed by atoms with Crippen LogP contribution < -0.4 is 4.74 Å². The predicted octanol–water partition coefficient (Wildman–Crippen LogP) is 4.31. The molecule has 158 valence electrons. The molecule has 0 atom stereocenters. The van der Waals surface area contributed by atoms with Crippen LogP contribution in [-0.4, -0.2) is 28.8 Å². The second kappa shape index (κ2) is 7.21. The highest BCUT2D eigenvalue weighted by Gasteiger charge is 2.43. The van der Waals surface area contributed by atoms with Crippen molar-refractivity contribution in [2.24, 2.45) is 12.2 Å². The molecule has 1 aliphatic rings. The fourth-order valence-electron chi connectivity index (χ4n) is 2.71. The molecule has 0 saturated carbocycles. The first-order chi connectivity index (χ1) is 13.3. The van der Waals surface area contributed by atoms with Crippen molar-refractivity contribution in [1.82, 2.24) is 9.78 Å². The van der Waals surface area contributed by atoms with Gasteiger partial charge in [-0.1, -0.05) is 28.9 Å². The summed E-state index contributed by atoms with van der Waals surface area (Å²) in [6.45, 7) is 3.24. The molecule has 2 aromatic rings. The summed E-state index contributed by atoms with van der Waals surface area (Å²) < 4.78 is 72.4. The summed E-state index contributed by atoms with van der Waals surface area (Å²) in [6.07, 6.45) is -4.95. The first kappa shape index (κ1) is 21.4. The predicted molar refractivity (Wildman–Crippen MR) is 99.6 cm³/mol. The van der Waals surface area contributed by atoms with Gasteiger partial charge in [-0.3, -0.25) is 0 Å². The number of hydrogen-bond acceptors (Lipinski definition) is 6. The summed E-state index contributed by atoms with van der Waals surface area (Å²) in [5.74, 6) is -1.33. The van der Waals surface area contributed by atoms with E-state index in [0.717, 1.165) is 4.68 Å². The number of nitrogens with zero attached hydrogens (tertiary/aromatic N) is 3. The lowest BCUT2D eigenvalue weighted by Gasteiger charge is -2.13. The van der Waals surface area contributed by atoms with Gasteiger partial charge in [-0.25, -0.2) is 13.1 Å². The number of para-hydroxylation sites is 1. The van der Waals surface area contributed by atoms with E-state index in [0.29, 0.717) is 0 Å². The Labute approximate surface area is 170 Å². The SMILES string of the molecule is Cn1nc(C(F)(F)F)c(CS(=O)(=O)C2=NOC(C)(C)C2)c1Oc1ccccc1Cl. The zero-order chi connectivity index (χ0) is 21.6. The summed E-state index contributed by atoms with van der Waals surface area (Å²) >= 11 is 6.01. The number of aromatic nitrogens is 2. The molecular weight excluding hydrogens is 435 g/mol. The standard InChI is InChI=1S/C17H17ClF3N3O4S/c1-16(2)8-13(23-28-16)29(25,26)9-10-14(17(19,20)21)22-24(3)15(10)27-12-7-5-4-6-11(12)18/h4-7H,8-9H2,1-3H3. The average Bonchev–Trinajstić information content (AvgIpc) is 3.10. The summed E-state index contributed by atoms with van der Waals surface area (Å²) in [4.78, 5) is 5.04. The molecule has 0 radical (unpaired) electrons. The Balaban J connectivity index is 2.05. The number of aryl methyl sites for hydroxylation is 1. The number of rotatable bonds is 4. The average molecular weight is 452 g/mol. The van der Waals surface area contributed by atoms with E-state index in [2.05, 4.69) is 10.3 Å². The molecule has 0 unspecified atom stereocenters. The van der Waals surface area contributed by atoms with Crippen molar-refractivity contribution in [3.63, 3.8) is 0 Å². The summed E-state index contributed by atoms with van der Waals surface area (Å²) in [6, 6.07) is 6.12. The van der Waals surface area contributed by atoms with E-state index in [1.54, 1.807) is 26.0 Å². The fraction of sp³-hybridized carbons (Fsp3) is 0.412. The van der Waals surface area contributed by atoms with Crippen LogP contribution in [0.15, 0.2) is 29.4 Å². The monoisotopic (exact) mass is 451 g/mol. The summed E-state index contributed by atoms with van der Waals surface area (Å²) in [5, 5.41) is 6.79. The maximum absolute atomic E-state index is 13.5. The van der Waals surface area contributed by atoms with Crippen LogP contribution in [0.4, 0.5) is 13.2 Å². The molecule has 1 aromatic carbocycles. The van der Waals surface area contributed by atoms with Crippen molar-refractivity contribution >= 4 is 26.5 Å². The molecule has 3 rings (SSSR count). The molecule has 0 amide bonds. The van der Waals surface area contributed by atoms with Gasteiger partial charge in [0, 0.05) is 13.5 Å². The highest BCUT2D eigenvalue weighted by Crippen LogP contribution is 2.40. The molecule has 0 N–H and O–H groups in total. The molecule has 0 aliphatic carbocycles. The number of oxime groups is 1. The maximum atomic E-state index is 13.5. The Morgan fingerprint density at radius 3 is 2.52 bits per heavy atom. The van der Waals surface area contributed by atoms with E-state index in [4.69, 9.17) is 21.2 Å². The van der Waals surface area contributed by atoms with Crippen molar-refractivity contribution in [1.29, 1.82) is 0 Å². The zero-order valence-corrected chi connectivity index (χ0v) is 17.2. The molecule has 0 fully saturated rings. The van der Waals surface area contributed by atoms with Crippen LogP contribution in [0.25, 0.3) is 0 Å². The Morgan fingerprint density at radius 1 is 1.31 bits per heavy atom. The zero-order valence-electron chi connectivity index (χ0n) is 15.6. The molecule has 0 saturated heterocycles. The second-order valence-corrected chi connectivity index (χ2v) is 9.45. The van der Waals surface area contributed by atoms with Crippen molar-refractivity contribution in [2.45, 2.75) is 37.8 Å². The second-order valence-electron chi connectivity index (χ2n) is 7.06. The van der Waals surface area contributed by atoms with Crippen LogP contribution in [0.2, 0.25) is 5.02 Å². The minimum Gasteiger partial charge on any atom is -0.437 e.